The molecule has 0 bridgehead atoms. The fourth-order valence-electron chi connectivity index (χ4n) is 5.72. The highest BCUT2D eigenvalue weighted by molar-refractivity contribution is 5.95. The molecular weight excluding hydrogens is 460 g/mol. The van der Waals surface area contributed by atoms with Gasteiger partial charge in [0.1, 0.15) is 5.75 Å². The smallest absolute Gasteiger partial charge is 0.414 e. The minimum absolute atomic E-state index is 0.0306. The third-order valence-corrected chi connectivity index (χ3v) is 7.58. The van der Waals surface area contributed by atoms with Crippen LogP contribution in [0.5, 0.6) is 5.75 Å². The molecule has 0 spiro atoms. The van der Waals surface area contributed by atoms with Gasteiger partial charge in [0, 0.05) is 23.8 Å². The molecule has 1 aliphatic carbocycles. The van der Waals surface area contributed by atoms with Crippen LogP contribution in [0.25, 0.3) is 11.0 Å². The van der Waals surface area contributed by atoms with E-state index in [9.17, 15) is 14.7 Å². The number of fused-ring (bicyclic) bond motifs is 3. The molecule has 9 heteroatoms. The number of anilines is 1. The maximum atomic E-state index is 12.6. The van der Waals surface area contributed by atoms with Crippen LogP contribution < -0.4 is 9.64 Å². The Kier molecular flexibility index (Phi) is 6.55. The van der Waals surface area contributed by atoms with Gasteiger partial charge < -0.3 is 19.1 Å². The molecular formula is C27H32N4O5. The van der Waals surface area contributed by atoms with Crippen molar-refractivity contribution in [2.45, 2.75) is 70.6 Å². The second-order valence-electron chi connectivity index (χ2n) is 9.79. The number of aryl methyl sites for hydroxylation is 1. The number of carbonyl (C=O) groups excluding carboxylic acids is 1. The molecule has 2 aromatic heterocycles. The number of amides is 1. The van der Waals surface area contributed by atoms with Gasteiger partial charge in [-0.05, 0) is 76.6 Å². The normalized spacial score (nSPS) is 22.6. The van der Waals surface area contributed by atoms with Gasteiger partial charge in [0.05, 0.1) is 35.9 Å². The van der Waals surface area contributed by atoms with Crippen LogP contribution in [-0.4, -0.2) is 44.9 Å². The lowest BCUT2D eigenvalue weighted by atomic mass is 9.85. The highest BCUT2D eigenvalue weighted by atomic mass is 16.5. The van der Waals surface area contributed by atoms with E-state index >= 15 is 0 Å². The van der Waals surface area contributed by atoms with Crippen LogP contribution in [0, 0.1) is 5.92 Å². The molecule has 1 amide bonds. The molecule has 0 unspecified atom stereocenters. The van der Waals surface area contributed by atoms with Gasteiger partial charge in [-0.25, -0.2) is 9.78 Å². The summed E-state index contributed by atoms with van der Waals surface area (Å²) in [6.07, 6.45) is 7.07. The lowest BCUT2D eigenvalue weighted by Gasteiger charge is -2.34. The van der Waals surface area contributed by atoms with Gasteiger partial charge in [0.25, 0.3) is 0 Å². The van der Waals surface area contributed by atoms with Crippen molar-refractivity contribution in [3.63, 3.8) is 0 Å². The molecule has 1 saturated carbocycles. The second-order valence-corrected chi connectivity index (χ2v) is 9.79. The van der Waals surface area contributed by atoms with Gasteiger partial charge in [-0.1, -0.05) is 0 Å². The summed E-state index contributed by atoms with van der Waals surface area (Å²) in [5.74, 6) is 0.435. The van der Waals surface area contributed by atoms with Gasteiger partial charge >= 0.3 is 12.1 Å². The number of nitrogens with zero attached hydrogens (tertiary/aromatic N) is 4. The third kappa shape index (κ3) is 4.27. The summed E-state index contributed by atoms with van der Waals surface area (Å²) in [4.78, 5) is 35.1. The monoisotopic (exact) mass is 492 g/mol. The SMILES string of the molecule is COC(=O)N1c2ccc3c(nc([C@@H](C)Oc4cccnc4)n3C3CCC(C(=O)O)CC3)c2CC[C@@H]1C. The van der Waals surface area contributed by atoms with Crippen LogP contribution in [-0.2, 0) is 16.0 Å². The number of methoxy groups -OCH3 is 1. The summed E-state index contributed by atoms with van der Waals surface area (Å²) in [5, 5.41) is 9.49. The van der Waals surface area contributed by atoms with Crippen molar-refractivity contribution < 1.29 is 24.2 Å². The van der Waals surface area contributed by atoms with Gasteiger partial charge in [0.2, 0.25) is 0 Å². The number of rotatable bonds is 5. The second kappa shape index (κ2) is 9.79. The highest BCUT2D eigenvalue weighted by Crippen LogP contribution is 2.41. The van der Waals surface area contributed by atoms with E-state index in [4.69, 9.17) is 14.5 Å². The summed E-state index contributed by atoms with van der Waals surface area (Å²) < 4.78 is 13.6. The number of aromatic nitrogens is 3. The summed E-state index contributed by atoms with van der Waals surface area (Å²) in [6, 6.07) is 7.87. The van der Waals surface area contributed by atoms with Crippen LogP contribution in [0.15, 0.2) is 36.7 Å². The maximum Gasteiger partial charge on any atom is 0.414 e. The highest BCUT2D eigenvalue weighted by Gasteiger charge is 2.34. The Balaban J connectivity index is 1.60. The molecule has 0 saturated heterocycles. The number of carboxylic acid groups (broad SMARTS) is 1. The predicted octanol–water partition coefficient (Wildman–Crippen LogP) is 5.29. The topological polar surface area (TPSA) is 107 Å². The zero-order valence-corrected chi connectivity index (χ0v) is 20.9. The van der Waals surface area contributed by atoms with Crippen molar-refractivity contribution in [1.82, 2.24) is 14.5 Å². The van der Waals surface area contributed by atoms with Crippen molar-refractivity contribution in [2.24, 2.45) is 5.92 Å². The molecule has 36 heavy (non-hydrogen) atoms. The molecule has 1 aromatic carbocycles. The minimum atomic E-state index is -0.719. The summed E-state index contributed by atoms with van der Waals surface area (Å²) in [5.41, 5.74) is 3.72. The van der Waals surface area contributed by atoms with Gasteiger partial charge in [0.15, 0.2) is 11.9 Å². The van der Waals surface area contributed by atoms with Gasteiger partial charge in [-0.3, -0.25) is 14.7 Å². The number of carbonyl (C=O) groups is 2. The van der Waals surface area contributed by atoms with Crippen LogP contribution in [0.2, 0.25) is 0 Å². The predicted molar refractivity (Wildman–Crippen MR) is 134 cm³/mol. The fraction of sp³-hybridized carbons (Fsp3) is 0.481. The van der Waals surface area contributed by atoms with E-state index in [-0.39, 0.29) is 30.2 Å². The fourth-order valence-corrected chi connectivity index (χ4v) is 5.72. The molecule has 3 heterocycles. The van der Waals surface area contributed by atoms with E-state index < -0.39 is 5.97 Å². The number of ether oxygens (including phenoxy) is 2. The lowest BCUT2D eigenvalue weighted by Crippen LogP contribution is -2.42. The quantitative estimate of drug-likeness (QED) is 0.515. The first-order chi connectivity index (χ1) is 17.4. The zero-order chi connectivity index (χ0) is 25.4. The molecule has 9 nitrogen and oxygen atoms in total. The Bertz CT molecular complexity index is 1270. The van der Waals surface area contributed by atoms with Crippen molar-refractivity contribution in [3.05, 3.63) is 48.0 Å². The molecule has 5 rings (SSSR count). The average molecular weight is 493 g/mol. The number of benzene rings is 1. The standard InChI is InChI=1S/C27H32N4O5/c1-16-6-11-21-22(30(16)27(34)35-3)12-13-23-24(21)29-25(17(2)36-20-5-4-14-28-15-20)31(23)19-9-7-18(8-10-19)26(32)33/h4-5,12-19H,6-11H2,1-3H3,(H,32,33)/t16-,17+,18?,19?/m0/s1. The first-order valence-electron chi connectivity index (χ1n) is 12.6. The molecule has 2 atom stereocenters. The molecule has 1 fully saturated rings. The van der Waals surface area contributed by atoms with Crippen LogP contribution in [0.1, 0.15) is 69.5 Å². The number of aliphatic carboxylic acids is 1. The number of hydrogen-bond acceptors (Lipinski definition) is 6. The van der Waals surface area contributed by atoms with Crippen LogP contribution in [0.3, 0.4) is 0 Å². The van der Waals surface area contributed by atoms with E-state index in [1.807, 2.05) is 38.1 Å². The first-order valence-corrected chi connectivity index (χ1v) is 12.6. The van der Waals surface area contributed by atoms with Crippen molar-refractivity contribution in [2.75, 3.05) is 12.0 Å². The lowest BCUT2D eigenvalue weighted by molar-refractivity contribution is -0.143. The Labute approximate surface area is 210 Å². The summed E-state index contributed by atoms with van der Waals surface area (Å²) in [6.45, 7) is 4.00. The van der Waals surface area contributed by atoms with E-state index in [0.717, 1.165) is 53.8 Å². The molecule has 0 radical (unpaired) electrons. The van der Waals surface area contributed by atoms with Gasteiger partial charge in [-0.2, -0.15) is 0 Å². The average Bonchev–Trinajstić information content (AvgIpc) is 3.29. The molecule has 3 aromatic rings. The Morgan fingerprint density at radius 1 is 1.14 bits per heavy atom. The van der Waals surface area contributed by atoms with Crippen molar-refractivity contribution >= 4 is 28.8 Å². The molecule has 2 aliphatic rings. The number of hydrogen-bond donors (Lipinski definition) is 1. The Hall–Kier alpha value is -3.62. The molecule has 1 N–H and O–H groups in total. The number of imidazole rings is 1. The first kappa shape index (κ1) is 24.1. The third-order valence-electron chi connectivity index (χ3n) is 7.58. The van der Waals surface area contributed by atoms with E-state index in [1.165, 1.54) is 7.11 Å². The minimum Gasteiger partial charge on any atom is -0.481 e. The van der Waals surface area contributed by atoms with Crippen LogP contribution in [0.4, 0.5) is 10.5 Å². The number of pyridine rings is 1. The zero-order valence-electron chi connectivity index (χ0n) is 20.9. The summed E-state index contributed by atoms with van der Waals surface area (Å²) in [7, 11) is 1.40. The van der Waals surface area contributed by atoms with E-state index in [2.05, 4.69) is 9.55 Å². The summed E-state index contributed by atoms with van der Waals surface area (Å²) >= 11 is 0. The van der Waals surface area contributed by atoms with E-state index in [1.54, 1.807) is 17.3 Å². The molecule has 190 valence electrons. The van der Waals surface area contributed by atoms with E-state index in [0.29, 0.717) is 18.6 Å². The van der Waals surface area contributed by atoms with Crippen LogP contribution >= 0.6 is 0 Å². The largest absolute Gasteiger partial charge is 0.481 e. The maximum absolute atomic E-state index is 12.6. The van der Waals surface area contributed by atoms with Crippen molar-refractivity contribution in [1.29, 1.82) is 0 Å². The van der Waals surface area contributed by atoms with Gasteiger partial charge in [-0.15, -0.1) is 0 Å². The Morgan fingerprint density at radius 3 is 2.58 bits per heavy atom. The number of carboxylic acids is 1. The molecule has 1 aliphatic heterocycles. The van der Waals surface area contributed by atoms with Crippen molar-refractivity contribution in [3.8, 4) is 5.75 Å². The Morgan fingerprint density at radius 2 is 1.92 bits per heavy atom.